The molecule has 0 aliphatic rings. The fourth-order valence-corrected chi connectivity index (χ4v) is 1.45. The molecule has 0 bridgehead atoms. The van der Waals surface area contributed by atoms with Gasteiger partial charge in [0.15, 0.2) is 0 Å². The van der Waals surface area contributed by atoms with E-state index in [1.165, 1.54) is 0 Å². The van der Waals surface area contributed by atoms with Crippen LogP contribution < -0.4 is 5.32 Å². The topological polar surface area (TPSA) is 38.3 Å². The molecule has 0 atom stereocenters. The van der Waals surface area contributed by atoms with Gasteiger partial charge in [0, 0.05) is 12.2 Å². The summed E-state index contributed by atoms with van der Waals surface area (Å²) in [6, 6.07) is 7.48. The Hall–Kier alpha value is -1.51. The van der Waals surface area contributed by atoms with Crippen molar-refractivity contribution in [2.24, 2.45) is 11.8 Å². The lowest BCUT2D eigenvalue weighted by atomic mass is 10.1. The molecule has 0 unspecified atom stereocenters. The summed E-state index contributed by atoms with van der Waals surface area (Å²) in [4.78, 5) is 12.0. The summed E-state index contributed by atoms with van der Waals surface area (Å²) in [6.45, 7) is 9.61. The standard InChI is InChI=1S/C15H23NO2/c1-11(2)9-16-14-8-6-5-7-13(14)15(17)18-10-12(3)4/h5-8,11-12,16H,9-10H2,1-4H3. The van der Waals surface area contributed by atoms with E-state index in [0.717, 1.165) is 12.2 Å². The minimum Gasteiger partial charge on any atom is -0.462 e. The summed E-state index contributed by atoms with van der Waals surface area (Å²) < 4.78 is 5.26. The minimum atomic E-state index is -0.254. The van der Waals surface area contributed by atoms with Gasteiger partial charge in [0.2, 0.25) is 0 Å². The molecular weight excluding hydrogens is 226 g/mol. The Morgan fingerprint density at radius 1 is 1.17 bits per heavy atom. The molecule has 1 aromatic carbocycles. The van der Waals surface area contributed by atoms with Crippen LogP contribution >= 0.6 is 0 Å². The van der Waals surface area contributed by atoms with Gasteiger partial charge in [-0.3, -0.25) is 0 Å². The summed E-state index contributed by atoms with van der Waals surface area (Å²) >= 11 is 0. The van der Waals surface area contributed by atoms with Gasteiger partial charge in [0.25, 0.3) is 0 Å². The number of nitrogens with one attached hydrogen (secondary N) is 1. The van der Waals surface area contributed by atoms with Gasteiger partial charge in [-0.2, -0.15) is 0 Å². The lowest BCUT2D eigenvalue weighted by molar-refractivity contribution is 0.0460. The van der Waals surface area contributed by atoms with Crippen molar-refractivity contribution >= 4 is 11.7 Å². The quantitative estimate of drug-likeness (QED) is 0.783. The summed E-state index contributed by atoms with van der Waals surface area (Å²) in [7, 11) is 0. The van der Waals surface area contributed by atoms with E-state index in [0.29, 0.717) is 24.0 Å². The van der Waals surface area contributed by atoms with Crippen LogP contribution in [0.5, 0.6) is 0 Å². The fourth-order valence-electron chi connectivity index (χ4n) is 1.45. The number of benzene rings is 1. The second kappa shape index (κ2) is 7.04. The molecule has 0 fully saturated rings. The Morgan fingerprint density at radius 3 is 2.44 bits per heavy atom. The van der Waals surface area contributed by atoms with Gasteiger partial charge in [0.05, 0.1) is 12.2 Å². The van der Waals surface area contributed by atoms with Gasteiger partial charge < -0.3 is 10.1 Å². The largest absolute Gasteiger partial charge is 0.462 e. The third-order valence-corrected chi connectivity index (χ3v) is 2.40. The second-order valence-corrected chi connectivity index (χ2v) is 5.31. The second-order valence-electron chi connectivity index (χ2n) is 5.31. The number of rotatable bonds is 6. The normalized spacial score (nSPS) is 10.8. The van der Waals surface area contributed by atoms with E-state index in [-0.39, 0.29) is 5.97 Å². The third-order valence-electron chi connectivity index (χ3n) is 2.40. The lowest BCUT2D eigenvalue weighted by Crippen LogP contribution is -2.15. The Bertz CT molecular complexity index is 386. The Balaban J connectivity index is 2.71. The summed E-state index contributed by atoms with van der Waals surface area (Å²) in [5, 5.41) is 3.28. The van der Waals surface area contributed by atoms with Gasteiger partial charge in [-0.05, 0) is 24.0 Å². The highest BCUT2D eigenvalue weighted by Crippen LogP contribution is 2.17. The number of esters is 1. The molecule has 0 aliphatic carbocycles. The first-order valence-electron chi connectivity index (χ1n) is 6.50. The van der Waals surface area contributed by atoms with Crippen LogP contribution in [0.1, 0.15) is 38.1 Å². The highest BCUT2D eigenvalue weighted by atomic mass is 16.5. The van der Waals surface area contributed by atoms with Crippen molar-refractivity contribution in [2.45, 2.75) is 27.7 Å². The zero-order valence-corrected chi connectivity index (χ0v) is 11.7. The summed E-state index contributed by atoms with van der Waals surface area (Å²) in [5.41, 5.74) is 1.46. The zero-order chi connectivity index (χ0) is 13.5. The molecule has 18 heavy (non-hydrogen) atoms. The molecule has 0 radical (unpaired) electrons. The van der Waals surface area contributed by atoms with E-state index in [1.807, 2.05) is 32.0 Å². The van der Waals surface area contributed by atoms with Crippen molar-refractivity contribution in [3.63, 3.8) is 0 Å². The maximum Gasteiger partial charge on any atom is 0.340 e. The molecule has 0 heterocycles. The molecule has 3 nitrogen and oxygen atoms in total. The van der Waals surface area contributed by atoms with E-state index in [4.69, 9.17) is 4.74 Å². The average Bonchev–Trinajstić information content (AvgIpc) is 2.33. The average molecular weight is 249 g/mol. The Kier molecular flexibility index (Phi) is 5.69. The van der Waals surface area contributed by atoms with Crippen LogP contribution in [0.4, 0.5) is 5.69 Å². The van der Waals surface area contributed by atoms with Gasteiger partial charge in [0.1, 0.15) is 0 Å². The van der Waals surface area contributed by atoms with E-state index in [9.17, 15) is 4.79 Å². The molecule has 1 N–H and O–H groups in total. The zero-order valence-electron chi connectivity index (χ0n) is 11.7. The molecule has 1 rings (SSSR count). The van der Waals surface area contributed by atoms with Gasteiger partial charge in [-0.15, -0.1) is 0 Å². The van der Waals surface area contributed by atoms with Crippen LogP contribution in [0, 0.1) is 11.8 Å². The predicted octanol–water partition coefficient (Wildman–Crippen LogP) is 3.57. The fraction of sp³-hybridized carbons (Fsp3) is 0.533. The number of carbonyl (C=O) groups is 1. The van der Waals surface area contributed by atoms with E-state index >= 15 is 0 Å². The van der Waals surface area contributed by atoms with Crippen LogP contribution in [0.15, 0.2) is 24.3 Å². The first kappa shape index (κ1) is 14.6. The number of anilines is 1. The van der Waals surface area contributed by atoms with E-state index in [1.54, 1.807) is 6.07 Å². The van der Waals surface area contributed by atoms with Crippen molar-refractivity contribution in [3.05, 3.63) is 29.8 Å². The smallest absolute Gasteiger partial charge is 0.340 e. The number of carbonyl (C=O) groups excluding carboxylic acids is 1. The highest BCUT2D eigenvalue weighted by Gasteiger charge is 2.12. The van der Waals surface area contributed by atoms with Crippen molar-refractivity contribution in [1.82, 2.24) is 0 Å². The number of hydrogen-bond donors (Lipinski definition) is 1. The molecule has 0 saturated heterocycles. The molecule has 0 aromatic heterocycles. The molecular formula is C15H23NO2. The van der Waals surface area contributed by atoms with Gasteiger partial charge in [-0.1, -0.05) is 39.8 Å². The maximum atomic E-state index is 12.0. The monoisotopic (exact) mass is 249 g/mol. The summed E-state index contributed by atoms with van der Waals surface area (Å²) in [5.74, 6) is 0.630. The summed E-state index contributed by atoms with van der Waals surface area (Å²) in [6.07, 6.45) is 0. The molecule has 0 saturated carbocycles. The number of ether oxygens (including phenoxy) is 1. The van der Waals surface area contributed by atoms with E-state index < -0.39 is 0 Å². The number of para-hydroxylation sites is 1. The maximum absolute atomic E-state index is 12.0. The van der Waals surface area contributed by atoms with Gasteiger partial charge in [-0.25, -0.2) is 4.79 Å². The van der Waals surface area contributed by atoms with Crippen molar-refractivity contribution < 1.29 is 9.53 Å². The first-order valence-corrected chi connectivity index (χ1v) is 6.50. The van der Waals surface area contributed by atoms with Crippen LogP contribution in [0.25, 0.3) is 0 Å². The molecule has 0 amide bonds. The molecule has 3 heteroatoms. The Morgan fingerprint density at radius 2 is 1.83 bits per heavy atom. The van der Waals surface area contributed by atoms with Crippen LogP contribution in [0.3, 0.4) is 0 Å². The van der Waals surface area contributed by atoms with Crippen LogP contribution in [-0.4, -0.2) is 19.1 Å². The molecule has 1 aromatic rings. The molecule has 100 valence electrons. The minimum absolute atomic E-state index is 0.254. The van der Waals surface area contributed by atoms with Crippen molar-refractivity contribution in [2.75, 3.05) is 18.5 Å². The number of hydrogen-bond acceptors (Lipinski definition) is 3. The third kappa shape index (κ3) is 4.78. The SMILES string of the molecule is CC(C)CNc1ccccc1C(=O)OCC(C)C. The highest BCUT2D eigenvalue weighted by molar-refractivity contribution is 5.95. The van der Waals surface area contributed by atoms with Crippen molar-refractivity contribution in [1.29, 1.82) is 0 Å². The predicted molar refractivity (Wildman–Crippen MR) is 74.9 cm³/mol. The van der Waals surface area contributed by atoms with E-state index in [2.05, 4.69) is 19.2 Å². The van der Waals surface area contributed by atoms with Crippen LogP contribution in [0.2, 0.25) is 0 Å². The lowest BCUT2D eigenvalue weighted by Gasteiger charge is -2.13. The molecule has 0 spiro atoms. The first-order chi connectivity index (χ1) is 8.50. The Labute approximate surface area is 110 Å². The van der Waals surface area contributed by atoms with Crippen LogP contribution in [-0.2, 0) is 4.74 Å². The molecule has 0 aliphatic heterocycles. The van der Waals surface area contributed by atoms with Gasteiger partial charge >= 0.3 is 5.97 Å². The van der Waals surface area contributed by atoms with Crippen molar-refractivity contribution in [3.8, 4) is 0 Å².